The molecule has 0 spiro atoms. The van der Waals surface area contributed by atoms with Gasteiger partial charge < -0.3 is 15.2 Å². The van der Waals surface area contributed by atoms with Crippen LogP contribution >= 0.6 is 11.3 Å². The number of hydrogen-bond donors (Lipinski definition) is 1. The Bertz CT molecular complexity index is 1040. The number of thiazole rings is 1. The molecule has 154 valence electrons. The van der Waals surface area contributed by atoms with Gasteiger partial charge in [-0.1, -0.05) is 0 Å². The number of aromatic nitrogens is 3. The topological polar surface area (TPSA) is 80.3 Å². The van der Waals surface area contributed by atoms with Crippen LogP contribution in [0.25, 0.3) is 11.0 Å². The number of likely N-dealkylation sites (N-methyl/N-ethyl adjacent to an activating group) is 1. The number of benzene rings is 1. The Morgan fingerprint density at radius 3 is 2.83 bits per heavy atom. The molecule has 2 aromatic heterocycles. The van der Waals surface area contributed by atoms with Crippen LogP contribution in [0.5, 0.6) is 0 Å². The number of carbonyl (C=O) groups excluding carboxylic acids is 1. The van der Waals surface area contributed by atoms with E-state index in [4.69, 9.17) is 5.73 Å². The molecule has 0 unspecified atom stereocenters. The van der Waals surface area contributed by atoms with Crippen LogP contribution in [0.3, 0.4) is 0 Å². The van der Waals surface area contributed by atoms with E-state index in [9.17, 15) is 18.0 Å². The van der Waals surface area contributed by atoms with Crippen molar-refractivity contribution in [1.29, 1.82) is 0 Å². The van der Waals surface area contributed by atoms with Crippen LogP contribution in [0.15, 0.2) is 23.7 Å². The number of fused-ring (bicyclic) bond motifs is 1. The number of alkyl halides is 1. The third-order valence-electron chi connectivity index (χ3n) is 5.00. The molecule has 1 fully saturated rings. The Morgan fingerprint density at radius 1 is 1.38 bits per heavy atom. The highest BCUT2D eigenvalue weighted by Crippen LogP contribution is 2.28. The van der Waals surface area contributed by atoms with Crippen molar-refractivity contribution >= 4 is 39.4 Å². The van der Waals surface area contributed by atoms with Gasteiger partial charge in [0.1, 0.15) is 12.7 Å². The number of imidazole rings is 1. The summed E-state index contributed by atoms with van der Waals surface area (Å²) in [7, 11) is 1.59. The molecule has 0 saturated carbocycles. The van der Waals surface area contributed by atoms with Gasteiger partial charge in [-0.3, -0.25) is 9.69 Å². The van der Waals surface area contributed by atoms with Crippen molar-refractivity contribution in [1.82, 2.24) is 14.5 Å². The van der Waals surface area contributed by atoms with Crippen molar-refractivity contribution < 1.29 is 18.0 Å². The van der Waals surface area contributed by atoms with Crippen molar-refractivity contribution in [3.8, 4) is 0 Å². The first kappa shape index (κ1) is 19.6. The summed E-state index contributed by atoms with van der Waals surface area (Å²) in [5, 5.41) is 2.26. The fourth-order valence-electron chi connectivity index (χ4n) is 3.37. The molecular formula is C18H19F3N6OS. The van der Waals surface area contributed by atoms with Crippen LogP contribution in [0.2, 0.25) is 0 Å². The molecule has 7 nitrogen and oxygen atoms in total. The second kappa shape index (κ2) is 7.64. The van der Waals surface area contributed by atoms with Crippen LogP contribution in [0.1, 0.15) is 6.42 Å². The quantitative estimate of drug-likeness (QED) is 0.695. The molecule has 3 heterocycles. The lowest BCUT2D eigenvalue weighted by Crippen LogP contribution is -2.50. The van der Waals surface area contributed by atoms with Gasteiger partial charge in [-0.25, -0.2) is 23.1 Å². The average molecular weight is 424 g/mol. The van der Waals surface area contributed by atoms with E-state index >= 15 is 0 Å². The Morgan fingerprint density at radius 2 is 2.14 bits per heavy atom. The second-order valence-electron chi connectivity index (χ2n) is 6.93. The molecular weight excluding hydrogens is 405 g/mol. The third-order valence-corrected chi connectivity index (χ3v) is 5.85. The van der Waals surface area contributed by atoms with Crippen molar-refractivity contribution in [2.45, 2.75) is 25.2 Å². The van der Waals surface area contributed by atoms with E-state index in [0.717, 1.165) is 12.1 Å². The molecule has 0 radical (unpaired) electrons. The summed E-state index contributed by atoms with van der Waals surface area (Å²) >= 11 is 1.30. The van der Waals surface area contributed by atoms with Crippen LogP contribution < -0.4 is 15.5 Å². The summed E-state index contributed by atoms with van der Waals surface area (Å²) in [5.74, 6) is -2.05. The lowest BCUT2D eigenvalue weighted by molar-refractivity contribution is -0.118. The Kier molecular flexibility index (Phi) is 5.17. The predicted octanol–water partition coefficient (Wildman–Crippen LogP) is 2.31. The Hall–Kier alpha value is -2.66. The van der Waals surface area contributed by atoms with E-state index in [1.165, 1.54) is 20.8 Å². The summed E-state index contributed by atoms with van der Waals surface area (Å²) < 4.78 is 43.0. The Labute approximate surface area is 168 Å². The highest BCUT2D eigenvalue weighted by Gasteiger charge is 2.30. The number of hydrogen-bond acceptors (Lipinski definition) is 6. The standard InChI is InChI=1S/C18H19F3N6OS/c1-25(18-23-3-5-29-18)16(28)9-27-15-7-12(21)11(20)6-14(15)24-17(27)26-4-2-10(19)13(22)8-26/h3,5-7,10,13H,2,4,8-9,22H2,1H3/t10-,13-/m1/s1. The third kappa shape index (κ3) is 3.67. The van der Waals surface area contributed by atoms with Gasteiger partial charge in [-0.15, -0.1) is 11.3 Å². The molecule has 29 heavy (non-hydrogen) atoms. The summed E-state index contributed by atoms with van der Waals surface area (Å²) in [6, 6.07) is 1.29. The number of amides is 1. The lowest BCUT2D eigenvalue weighted by atomic mass is 10.1. The molecule has 11 heteroatoms. The predicted molar refractivity (Wildman–Crippen MR) is 105 cm³/mol. The van der Waals surface area contributed by atoms with Crippen molar-refractivity contribution in [3.05, 3.63) is 35.3 Å². The molecule has 4 rings (SSSR count). The number of halogens is 3. The SMILES string of the molecule is CN(C(=O)Cn1c(N2CC[C@@H](F)[C@H](N)C2)nc2cc(F)c(F)cc21)c1nccs1. The largest absolute Gasteiger partial charge is 0.340 e. The first-order valence-corrected chi connectivity index (χ1v) is 9.89. The van der Waals surface area contributed by atoms with Gasteiger partial charge in [0.2, 0.25) is 11.9 Å². The molecule has 1 aliphatic rings. The zero-order valence-corrected chi connectivity index (χ0v) is 16.4. The number of nitrogens with zero attached hydrogens (tertiary/aromatic N) is 5. The maximum Gasteiger partial charge on any atom is 0.248 e. The van der Waals surface area contributed by atoms with E-state index in [-0.39, 0.29) is 36.5 Å². The molecule has 3 aromatic rings. The average Bonchev–Trinajstić information content (AvgIpc) is 3.33. The van der Waals surface area contributed by atoms with Gasteiger partial charge in [0.25, 0.3) is 0 Å². The minimum Gasteiger partial charge on any atom is -0.340 e. The zero-order chi connectivity index (χ0) is 20.7. The van der Waals surface area contributed by atoms with Gasteiger partial charge in [0.05, 0.1) is 17.1 Å². The molecule has 1 saturated heterocycles. The number of rotatable bonds is 4. The first-order valence-electron chi connectivity index (χ1n) is 9.01. The van der Waals surface area contributed by atoms with Crippen LogP contribution in [-0.4, -0.2) is 52.8 Å². The van der Waals surface area contributed by atoms with Gasteiger partial charge in [0, 0.05) is 43.8 Å². The molecule has 0 aliphatic carbocycles. The molecule has 1 aromatic carbocycles. The van der Waals surface area contributed by atoms with Crippen LogP contribution in [0.4, 0.5) is 24.3 Å². The molecule has 1 aliphatic heterocycles. The highest BCUT2D eigenvalue weighted by atomic mass is 32.1. The summed E-state index contributed by atoms with van der Waals surface area (Å²) in [5.41, 5.74) is 6.34. The number of piperidine rings is 1. The fraction of sp³-hybridized carbons (Fsp3) is 0.389. The van der Waals surface area contributed by atoms with Crippen LogP contribution in [-0.2, 0) is 11.3 Å². The zero-order valence-electron chi connectivity index (χ0n) is 15.6. The normalized spacial score (nSPS) is 19.7. The van der Waals surface area contributed by atoms with E-state index in [1.54, 1.807) is 23.5 Å². The Balaban J connectivity index is 1.73. The number of nitrogens with two attached hydrogens (primary N) is 1. The van der Waals surface area contributed by atoms with Gasteiger partial charge in [-0.05, 0) is 6.42 Å². The molecule has 0 bridgehead atoms. The molecule has 2 N–H and O–H groups in total. The van der Waals surface area contributed by atoms with Gasteiger partial charge >= 0.3 is 0 Å². The molecule has 1 amide bonds. The maximum atomic E-state index is 13.9. The van der Waals surface area contributed by atoms with Crippen molar-refractivity contribution in [2.75, 3.05) is 29.9 Å². The van der Waals surface area contributed by atoms with E-state index < -0.39 is 23.8 Å². The minimum atomic E-state index is -1.13. The van der Waals surface area contributed by atoms with E-state index in [1.807, 2.05) is 0 Å². The van der Waals surface area contributed by atoms with Gasteiger partial charge in [-0.2, -0.15) is 0 Å². The first-order chi connectivity index (χ1) is 13.8. The lowest BCUT2D eigenvalue weighted by Gasteiger charge is -2.34. The van der Waals surface area contributed by atoms with E-state index in [0.29, 0.717) is 17.6 Å². The summed E-state index contributed by atoms with van der Waals surface area (Å²) in [6.07, 6.45) is 0.666. The maximum absolute atomic E-state index is 13.9. The minimum absolute atomic E-state index is 0.169. The highest BCUT2D eigenvalue weighted by molar-refractivity contribution is 7.13. The van der Waals surface area contributed by atoms with Crippen molar-refractivity contribution in [2.24, 2.45) is 5.73 Å². The van der Waals surface area contributed by atoms with Gasteiger partial charge in [0.15, 0.2) is 16.8 Å². The fourth-order valence-corrected chi connectivity index (χ4v) is 3.99. The number of anilines is 2. The molecule has 2 atom stereocenters. The van der Waals surface area contributed by atoms with Crippen LogP contribution in [0, 0.1) is 11.6 Å². The smallest absolute Gasteiger partial charge is 0.248 e. The number of carbonyl (C=O) groups is 1. The van der Waals surface area contributed by atoms with E-state index in [2.05, 4.69) is 9.97 Å². The summed E-state index contributed by atoms with van der Waals surface area (Å²) in [4.78, 5) is 24.5. The monoisotopic (exact) mass is 424 g/mol. The van der Waals surface area contributed by atoms with Crippen molar-refractivity contribution in [3.63, 3.8) is 0 Å². The second-order valence-corrected chi connectivity index (χ2v) is 7.81. The summed E-state index contributed by atoms with van der Waals surface area (Å²) in [6.45, 7) is 0.351.